The molecule has 2 fully saturated rings. The van der Waals surface area contributed by atoms with Crippen molar-refractivity contribution in [1.82, 2.24) is 10.2 Å². The monoisotopic (exact) mass is 296 g/mol. The number of aliphatic carboxylic acids is 1. The number of hydrogen-bond donors (Lipinski definition) is 2. The van der Waals surface area contributed by atoms with Crippen LogP contribution in [0, 0.1) is 11.8 Å². The van der Waals surface area contributed by atoms with Gasteiger partial charge in [-0.1, -0.05) is 26.7 Å². The molecule has 1 aliphatic heterocycles. The molecule has 1 aliphatic carbocycles. The molecule has 6 heteroatoms. The van der Waals surface area contributed by atoms with Gasteiger partial charge in [0.2, 0.25) is 11.8 Å². The molecule has 1 saturated heterocycles. The van der Waals surface area contributed by atoms with Crippen molar-refractivity contribution >= 4 is 17.8 Å². The van der Waals surface area contributed by atoms with E-state index in [0.29, 0.717) is 6.54 Å². The summed E-state index contributed by atoms with van der Waals surface area (Å²) in [5.41, 5.74) is 0. The predicted molar refractivity (Wildman–Crippen MR) is 76.5 cm³/mol. The van der Waals surface area contributed by atoms with Crippen LogP contribution in [0.4, 0.5) is 0 Å². The Kier molecular flexibility index (Phi) is 4.85. The summed E-state index contributed by atoms with van der Waals surface area (Å²) < 4.78 is 0. The Morgan fingerprint density at radius 3 is 2.43 bits per heavy atom. The molecule has 2 unspecified atom stereocenters. The smallest absolute Gasteiger partial charge is 0.326 e. The molecule has 2 rings (SSSR count). The molecule has 1 saturated carbocycles. The van der Waals surface area contributed by atoms with Gasteiger partial charge in [0.25, 0.3) is 0 Å². The molecular formula is C15H24N2O4. The number of carbonyl (C=O) groups excluding carboxylic acids is 2. The van der Waals surface area contributed by atoms with Crippen molar-refractivity contribution in [2.24, 2.45) is 11.8 Å². The van der Waals surface area contributed by atoms with Crippen molar-refractivity contribution in [2.45, 2.75) is 58.0 Å². The summed E-state index contributed by atoms with van der Waals surface area (Å²) in [6.45, 7) is 3.94. The van der Waals surface area contributed by atoms with Crippen LogP contribution in [0.5, 0.6) is 0 Å². The number of rotatable bonds is 5. The molecule has 1 heterocycles. The zero-order valence-corrected chi connectivity index (χ0v) is 12.7. The average molecular weight is 296 g/mol. The van der Waals surface area contributed by atoms with Crippen LogP contribution in [-0.4, -0.2) is 46.4 Å². The molecule has 6 nitrogen and oxygen atoms in total. The number of nitrogens with one attached hydrogen (secondary N) is 1. The third kappa shape index (κ3) is 3.54. The molecule has 2 amide bonds. The summed E-state index contributed by atoms with van der Waals surface area (Å²) >= 11 is 0. The van der Waals surface area contributed by atoms with E-state index < -0.39 is 17.9 Å². The molecule has 21 heavy (non-hydrogen) atoms. The lowest BCUT2D eigenvalue weighted by Gasteiger charge is -2.24. The fourth-order valence-corrected chi connectivity index (χ4v) is 3.26. The highest BCUT2D eigenvalue weighted by Gasteiger charge is 2.39. The lowest BCUT2D eigenvalue weighted by atomic mass is 10.0. The molecule has 0 spiro atoms. The van der Waals surface area contributed by atoms with Crippen LogP contribution >= 0.6 is 0 Å². The fraction of sp³-hybridized carbons (Fsp3) is 0.800. The Bertz CT molecular complexity index is 429. The van der Waals surface area contributed by atoms with E-state index in [2.05, 4.69) is 5.32 Å². The van der Waals surface area contributed by atoms with Gasteiger partial charge in [-0.3, -0.25) is 9.59 Å². The van der Waals surface area contributed by atoms with Gasteiger partial charge in [0, 0.05) is 19.0 Å². The minimum absolute atomic E-state index is 0.0264. The van der Waals surface area contributed by atoms with Gasteiger partial charge < -0.3 is 15.3 Å². The van der Waals surface area contributed by atoms with Crippen LogP contribution < -0.4 is 5.32 Å². The lowest BCUT2D eigenvalue weighted by molar-refractivity contribution is -0.143. The van der Waals surface area contributed by atoms with Gasteiger partial charge in [-0.25, -0.2) is 4.79 Å². The van der Waals surface area contributed by atoms with Crippen molar-refractivity contribution in [1.29, 1.82) is 0 Å². The van der Waals surface area contributed by atoms with E-state index in [1.165, 1.54) is 0 Å². The largest absolute Gasteiger partial charge is 0.480 e. The molecular weight excluding hydrogens is 272 g/mol. The van der Waals surface area contributed by atoms with E-state index in [1.54, 1.807) is 13.8 Å². The summed E-state index contributed by atoms with van der Waals surface area (Å²) in [5.74, 6) is -1.92. The Hall–Kier alpha value is -1.59. The second kappa shape index (κ2) is 6.45. The van der Waals surface area contributed by atoms with Crippen LogP contribution in [0.3, 0.4) is 0 Å². The third-order valence-corrected chi connectivity index (χ3v) is 4.53. The highest BCUT2D eigenvalue weighted by molar-refractivity contribution is 5.91. The van der Waals surface area contributed by atoms with Gasteiger partial charge in [-0.2, -0.15) is 0 Å². The highest BCUT2D eigenvalue weighted by Crippen LogP contribution is 2.29. The summed E-state index contributed by atoms with van der Waals surface area (Å²) in [5, 5.41) is 11.7. The Balaban J connectivity index is 1.94. The summed E-state index contributed by atoms with van der Waals surface area (Å²) in [6, 6.07) is -0.621. The molecule has 0 aromatic heterocycles. The van der Waals surface area contributed by atoms with Crippen molar-refractivity contribution in [3.8, 4) is 0 Å². The second-order valence-electron chi connectivity index (χ2n) is 6.45. The van der Waals surface area contributed by atoms with Crippen LogP contribution in [-0.2, 0) is 14.4 Å². The topological polar surface area (TPSA) is 86.7 Å². The number of nitrogens with zero attached hydrogens (tertiary/aromatic N) is 1. The lowest BCUT2D eigenvalue weighted by Crippen LogP contribution is -2.47. The van der Waals surface area contributed by atoms with Gasteiger partial charge >= 0.3 is 5.97 Å². The van der Waals surface area contributed by atoms with Gasteiger partial charge in [0.15, 0.2) is 0 Å². The van der Waals surface area contributed by atoms with Gasteiger partial charge in [-0.15, -0.1) is 0 Å². The van der Waals surface area contributed by atoms with Crippen molar-refractivity contribution < 1.29 is 19.5 Å². The first-order valence-electron chi connectivity index (χ1n) is 7.72. The Labute approximate surface area is 124 Å². The first kappa shape index (κ1) is 15.8. The molecule has 118 valence electrons. The average Bonchev–Trinajstić information content (AvgIpc) is 3.03. The first-order valence-corrected chi connectivity index (χ1v) is 7.72. The van der Waals surface area contributed by atoms with E-state index in [4.69, 9.17) is 5.11 Å². The standard InChI is InChI=1S/C15H24N2O4/c1-9(2)13(15(20)21)16-14(19)10-7-12(18)17(8-10)11-5-3-4-6-11/h9-11,13H,3-8H2,1-2H3,(H,16,19)(H,20,21). The van der Waals surface area contributed by atoms with E-state index in [1.807, 2.05) is 4.90 Å². The maximum absolute atomic E-state index is 12.2. The van der Waals surface area contributed by atoms with Crippen LogP contribution in [0.2, 0.25) is 0 Å². The number of amides is 2. The quantitative estimate of drug-likeness (QED) is 0.792. The molecule has 0 aromatic carbocycles. The zero-order valence-electron chi connectivity index (χ0n) is 12.7. The molecule has 2 N–H and O–H groups in total. The van der Waals surface area contributed by atoms with E-state index in [0.717, 1.165) is 25.7 Å². The SMILES string of the molecule is CC(C)C(NC(=O)C1CC(=O)N(C2CCCC2)C1)C(=O)O. The Morgan fingerprint density at radius 1 is 1.29 bits per heavy atom. The number of carboxylic acid groups (broad SMARTS) is 1. The normalized spacial score (nSPS) is 24.6. The molecule has 0 aromatic rings. The van der Waals surface area contributed by atoms with Crippen LogP contribution in [0.25, 0.3) is 0 Å². The Morgan fingerprint density at radius 2 is 1.90 bits per heavy atom. The van der Waals surface area contributed by atoms with Crippen molar-refractivity contribution in [3.63, 3.8) is 0 Å². The summed E-state index contributed by atoms with van der Waals surface area (Å²) in [6.07, 6.45) is 4.51. The van der Waals surface area contributed by atoms with Crippen molar-refractivity contribution in [3.05, 3.63) is 0 Å². The molecule has 0 bridgehead atoms. The van der Waals surface area contributed by atoms with Gasteiger partial charge in [-0.05, 0) is 18.8 Å². The fourth-order valence-electron chi connectivity index (χ4n) is 3.26. The molecule has 0 radical (unpaired) electrons. The number of carboxylic acids is 1. The van der Waals surface area contributed by atoms with Crippen LogP contribution in [0.1, 0.15) is 46.0 Å². The van der Waals surface area contributed by atoms with Crippen molar-refractivity contribution in [2.75, 3.05) is 6.54 Å². The maximum Gasteiger partial charge on any atom is 0.326 e. The minimum Gasteiger partial charge on any atom is -0.480 e. The van der Waals surface area contributed by atoms with Gasteiger partial charge in [0.05, 0.1) is 5.92 Å². The van der Waals surface area contributed by atoms with Crippen LogP contribution in [0.15, 0.2) is 0 Å². The molecule has 2 atom stereocenters. The number of hydrogen-bond acceptors (Lipinski definition) is 3. The van der Waals surface area contributed by atoms with Gasteiger partial charge in [0.1, 0.15) is 6.04 Å². The highest BCUT2D eigenvalue weighted by atomic mass is 16.4. The van der Waals surface area contributed by atoms with E-state index in [9.17, 15) is 14.4 Å². The van der Waals surface area contributed by atoms with E-state index >= 15 is 0 Å². The third-order valence-electron chi connectivity index (χ3n) is 4.53. The second-order valence-corrected chi connectivity index (χ2v) is 6.45. The predicted octanol–water partition coefficient (Wildman–Crippen LogP) is 1.00. The zero-order chi connectivity index (χ0) is 15.6. The first-order chi connectivity index (χ1) is 9.90. The minimum atomic E-state index is -1.03. The number of carbonyl (C=O) groups is 3. The van der Waals surface area contributed by atoms with E-state index in [-0.39, 0.29) is 30.2 Å². The maximum atomic E-state index is 12.2. The summed E-state index contributed by atoms with van der Waals surface area (Å²) in [4.78, 5) is 37.2. The number of likely N-dealkylation sites (tertiary alicyclic amines) is 1. The molecule has 2 aliphatic rings. The summed E-state index contributed by atoms with van der Waals surface area (Å²) in [7, 11) is 0.